The van der Waals surface area contributed by atoms with Crippen LogP contribution in [-0.4, -0.2) is 82.0 Å². The number of hydrogen-bond acceptors (Lipinski definition) is 10. The predicted octanol–water partition coefficient (Wildman–Crippen LogP) is 4.01. The smallest absolute Gasteiger partial charge is 0.257 e. The first-order chi connectivity index (χ1) is 19.6. The average Bonchev–Trinajstić information content (AvgIpc) is 2.96. The van der Waals surface area contributed by atoms with Crippen LogP contribution in [0.1, 0.15) is 55.6 Å². The number of anilines is 3. The van der Waals surface area contributed by atoms with Gasteiger partial charge in [-0.1, -0.05) is 43.6 Å². The van der Waals surface area contributed by atoms with Gasteiger partial charge in [-0.05, 0) is 44.4 Å². The van der Waals surface area contributed by atoms with E-state index in [1.807, 2.05) is 11.8 Å². The molecule has 4 heterocycles. The summed E-state index contributed by atoms with van der Waals surface area (Å²) in [6.45, 7) is 16.3. The molecule has 0 spiro atoms. The Morgan fingerprint density at radius 3 is 2.46 bits per heavy atom. The zero-order chi connectivity index (χ0) is 29.7. The van der Waals surface area contributed by atoms with E-state index in [-0.39, 0.29) is 39.7 Å². The van der Waals surface area contributed by atoms with E-state index in [2.05, 4.69) is 50.2 Å². The van der Waals surface area contributed by atoms with Gasteiger partial charge in [0, 0.05) is 51.4 Å². The third-order valence-electron chi connectivity index (χ3n) is 7.59. The lowest BCUT2D eigenvalue weighted by atomic mass is 9.97. The van der Waals surface area contributed by atoms with E-state index in [9.17, 15) is 4.79 Å². The molecule has 0 unspecified atom stereocenters. The highest BCUT2D eigenvalue weighted by Crippen LogP contribution is 2.32. The van der Waals surface area contributed by atoms with Crippen molar-refractivity contribution in [1.29, 1.82) is 0 Å². The number of nitrogens with one attached hydrogen (secondary N) is 1. The Kier molecular flexibility index (Phi) is 10.2. The second-order valence-electron chi connectivity index (χ2n) is 10.3. The van der Waals surface area contributed by atoms with E-state index in [0.717, 1.165) is 51.9 Å². The minimum absolute atomic E-state index is 0.106. The molecular formula is C28H39Cl2N9O2. The zero-order valence-electron chi connectivity index (χ0n) is 23.7. The first-order valence-electron chi connectivity index (χ1n) is 14.0. The molecule has 0 aromatic carbocycles. The lowest BCUT2D eigenvalue weighted by Gasteiger charge is -2.47. The maximum Gasteiger partial charge on any atom is 0.257 e. The van der Waals surface area contributed by atoms with Crippen LogP contribution in [-0.2, 0) is 4.74 Å². The Morgan fingerprint density at radius 2 is 1.80 bits per heavy atom. The molecule has 0 aliphatic carbocycles. The topological polar surface area (TPSA) is 139 Å². The van der Waals surface area contributed by atoms with Crippen LogP contribution in [0.2, 0.25) is 10.3 Å². The van der Waals surface area contributed by atoms with E-state index in [1.165, 1.54) is 0 Å². The number of amides is 1. The Bertz CT molecular complexity index is 1280. The number of halogens is 2. The molecule has 2 aliphatic heterocycles. The van der Waals surface area contributed by atoms with Crippen molar-refractivity contribution in [3.05, 3.63) is 52.7 Å². The highest BCUT2D eigenvalue weighted by molar-refractivity contribution is 6.31. The number of ether oxygens (including phenoxy) is 1. The summed E-state index contributed by atoms with van der Waals surface area (Å²) in [5, 5.41) is 3.57. The van der Waals surface area contributed by atoms with Crippen LogP contribution < -0.4 is 21.7 Å². The van der Waals surface area contributed by atoms with Crippen LogP contribution in [0.3, 0.4) is 0 Å². The van der Waals surface area contributed by atoms with Crippen molar-refractivity contribution >= 4 is 52.3 Å². The van der Waals surface area contributed by atoms with Gasteiger partial charge in [-0.2, -0.15) is 0 Å². The molecule has 41 heavy (non-hydrogen) atoms. The number of piperidine rings is 1. The molecule has 0 radical (unpaired) electrons. The first kappa shape index (κ1) is 30.7. The van der Waals surface area contributed by atoms with Crippen molar-refractivity contribution in [2.24, 2.45) is 0 Å². The van der Waals surface area contributed by atoms with Gasteiger partial charge in [0.25, 0.3) is 5.91 Å². The molecule has 2 saturated heterocycles. The maximum absolute atomic E-state index is 13.0. The summed E-state index contributed by atoms with van der Waals surface area (Å²) in [4.78, 5) is 32.7. The van der Waals surface area contributed by atoms with Gasteiger partial charge < -0.3 is 31.3 Å². The van der Waals surface area contributed by atoms with Crippen molar-refractivity contribution in [1.82, 2.24) is 30.1 Å². The highest BCUT2D eigenvalue weighted by Gasteiger charge is 2.35. The van der Waals surface area contributed by atoms with Crippen molar-refractivity contribution in [3.63, 3.8) is 0 Å². The Labute approximate surface area is 251 Å². The Morgan fingerprint density at radius 1 is 1.07 bits per heavy atom. The second kappa shape index (κ2) is 13.6. The molecule has 11 nitrogen and oxygen atoms in total. The fourth-order valence-electron chi connectivity index (χ4n) is 5.43. The van der Waals surface area contributed by atoms with E-state index >= 15 is 0 Å². The van der Waals surface area contributed by atoms with Crippen molar-refractivity contribution in [2.75, 3.05) is 55.6 Å². The largest absolute Gasteiger partial charge is 0.440 e. The molecule has 13 heteroatoms. The number of likely N-dealkylation sites (tertiary alicyclic amines) is 1. The number of pyridine rings is 1. The van der Waals surface area contributed by atoms with Crippen LogP contribution in [0.15, 0.2) is 31.2 Å². The number of hydrogen-bond donors (Lipinski definition) is 3. The van der Waals surface area contributed by atoms with Crippen LogP contribution in [0.25, 0.3) is 5.76 Å². The number of aromatic nitrogens is 3. The molecule has 5 N–H and O–H groups in total. The molecule has 2 fully saturated rings. The van der Waals surface area contributed by atoms with Crippen molar-refractivity contribution in [2.45, 2.75) is 51.6 Å². The summed E-state index contributed by atoms with van der Waals surface area (Å²) in [6.07, 6.45) is 3.65. The number of nitrogens with two attached hydrogens (primary N) is 2. The molecule has 1 amide bonds. The van der Waals surface area contributed by atoms with E-state index < -0.39 is 0 Å². The fraction of sp³-hybridized carbons (Fsp3) is 0.500. The van der Waals surface area contributed by atoms with Gasteiger partial charge in [0.2, 0.25) is 0 Å². The van der Waals surface area contributed by atoms with Crippen LogP contribution in [0.5, 0.6) is 0 Å². The Hall–Kier alpha value is -3.28. The van der Waals surface area contributed by atoms with Crippen LogP contribution >= 0.6 is 23.2 Å². The summed E-state index contributed by atoms with van der Waals surface area (Å²) in [6, 6.07) is 3.89. The van der Waals surface area contributed by atoms with E-state index in [0.29, 0.717) is 42.1 Å². The van der Waals surface area contributed by atoms with Gasteiger partial charge in [-0.15, -0.1) is 0 Å². The first-order valence-corrected chi connectivity index (χ1v) is 14.7. The number of carbonyl (C=O) groups is 1. The molecule has 0 bridgehead atoms. The zero-order valence-corrected chi connectivity index (χ0v) is 25.2. The predicted molar refractivity (Wildman–Crippen MR) is 165 cm³/mol. The number of nitrogens with zero attached hydrogens (tertiary/aromatic N) is 6. The number of carbonyl (C=O) groups excluding carboxylic acids is 1. The summed E-state index contributed by atoms with van der Waals surface area (Å²) < 4.78 is 5.63. The third-order valence-corrected chi connectivity index (χ3v) is 8.05. The highest BCUT2D eigenvalue weighted by atomic mass is 35.5. The minimum atomic E-state index is -0.106. The molecular weight excluding hydrogens is 565 g/mol. The molecule has 2 aliphatic rings. The standard InChI is InChI=1S/C28H39Cl2N9O2/c1-5-11-33-18(4)41-17(3)23-26(32)36-27(24(30)35-23)38-14-15-39(19(6-2)16-38)20-9-12-37(13-10-20)28(40)21-7-8-22(29)34-25(21)31/h7-8,19-20,33H,3-6,9-16H2,1-2H3,(H2,31,34)(H2,32,36)/t19-/m0/s1. The van der Waals surface area contributed by atoms with Gasteiger partial charge in [0.1, 0.15) is 16.7 Å². The lowest BCUT2D eigenvalue weighted by molar-refractivity contribution is 0.0491. The van der Waals surface area contributed by atoms with Crippen molar-refractivity contribution < 1.29 is 9.53 Å². The number of rotatable bonds is 10. The van der Waals surface area contributed by atoms with Gasteiger partial charge in [-0.25, -0.2) is 15.0 Å². The minimum Gasteiger partial charge on any atom is -0.440 e. The van der Waals surface area contributed by atoms with E-state index in [1.54, 1.807) is 12.1 Å². The summed E-state index contributed by atoms with van der Waals surface area (Å²) >= 11 is 12.5. The van der Waals surface area contributed by atoms with Gasteiger partial charge >= 0.3 is 0 Å². The molecule has 1 atom stereocenters. The normalized spacial score (nSPS) is 18.3. The van der Waals surface area contributed by atoms with Crippen molar-refractivity contribution in [3.8, 4) is 0 Å². The van der Waals surface area contributed by atoms with E-state index in [4.69, 9.17) is 39.4 Å². The van der Waals surface area contributed by atoms with Gasteiger partial charge in [0.15, 0.2) is 28.4 Å². The maximum atomic E-state index is 13.0. The van der Waals surface area contributed by atoms with Gasteiger partial charge in [-0.3, -0.25) is 9.69 Å². The number of piperazine rings is 1. The molecule has 2 aromatic heterocycles. The summed E-state index contributed by atoms with van der Waals surface area (Å²) in [5.74, 6) is 1.40. The fourth-order valence-corrected chi connectivity index (χ4v) is 5.83. The quantitative estimate of drug-likeness (QED) is 0.269. The molecule has 222 valence electrons. The van der Waals surface area contributed by atoms with Gasteiger partial charge in [0.05, 0.1) is 5.56 Å². The SMILES string of the molecule is C=C(NCCC)OC(=C)c1nc(Cl)c(N2CCN(C3CCN(C(=O)c4ccc(Cl)nc4N)CC3)[C@@H](CC)C2)nc1N. The summed E-state index contributed by atoms with van der Waals surface area (Å²) in [5.41, 5.74) is 12.9. The monoisotopic (exact) mass is 603 g/mol. The van der Waals surface area contributed by atoms with Crippen LogP contribution in [0.4, 0.5) is 17.5 Å². The summed E-state index contributed by atoms with van der Waals surface area (Å²) in [7, 11) is 0. The average molecular weight is 605 g/mol. The van der Waals surface area contributed by atoms with Crippen LogP contribution in [0, 0.1) is 0 Å². The number of nitrogen functional groups attached to an aromatic ring is 2. The molecule has 0 saturated carbocycles. The molecule has 2 aromatic rings. The Balaban J connectivity index is 1.37. The third kappa shape index (κ3) is 7.14. The second-order valence-corrected chi connectivity index (χ2v) is 11.0. The molecule has 4 rings (SSSR count). The lowest BCUT2D eigenvalue weighted by Crippen LogP contribution is -2.58.